The van der Waals surface area contributed by atoms with E-state index in [1.165, 1.54) is 20.4 Å². The van der Waals surface area contributed by atoms with E-state index in [2.05, 4.69) is 9.72 Å². The highest BCUT2D eigenvalue weighted by Crippen LogP contribution is 2.16. The highest BCUT2D eigenvalue weighted by atomic mass is 16.5. The summed E-state index contributed by atoms with van der Waals surface area (Å²) >= 11 is 0. The van der Waals surface area contributed by atoms with Crippen LogP contribution in [0.2, 0.25) is 0 Å². The van der Waals surface area contributed by atoms with E-state index in [0.29, 0.717) is 11.3 Å². The molecule has 4 heteroatoms. The quantitative estimate of drug-likeness (QED) is 0.704. The van der Waals surface area contributed by atoms with E-state index in [9.17, 15) is 4.79 Å². The van der Waals surface area contributed by atoms with Crippen LogP contribution in [0.15, 0.2) is 12.3 Å². The Bertz CT molecular complexity index is 324. The highest BCUT2D eigenvalue weighted by molar-refractivity contribution is 5.89. The minimum absolute atomic E-state index is 0.393. The molecule has 0 bridgehead atoms. The van der Waals surface area contributed by atoms with Crippen LogP contribution >= 0.6 is 0 Å². The Morgan fingerprint density at radius 1 is 1.33 bits per heavy atom. The molecule has 84 valence electrons. The summed E-state index contributed by atoms with van der Waals surface area (Å²) in [5.41, 5.74) is 1.14. The molecule has 0 fully saturated rings. The summed E-state index contributed by atoms with van der Waals surface area (Å²) in [7, 11) is 2.86. The molecule has 0 aromatic carbocycles. The molecule has 0 N–H and O–H groups in total. The van der Waals surface area contributed by atoms with Gasteiger partial charge in [-0.3, -0.25) is 4.98 Å². The number of pyridine rings is 1. The fraction of sp³-hybridized carbons (Fsp3) is 0.455. The van der Waals surface area contributed by atoms with Gasteiger partial charge in [0.15, 0.2) is 0 Å². The molecule has 0 unspecified atom stereocenters. The van der Waals surface area contributed by atoms with Crippen molar-refractivity contribution < 1.29 is 14.3 Å². The fourth-order valence-electron chi connectivity index (χ4n) is 0.949. The largest absolute Gasteiger partial charge is 0.495 e. The van der Waals surface area contributed by atoms with Crippen molar-refractivity contribution in [2.45, 2.75) is 20.8 Å². The van der Waals surface area contributed by atoms with Gasteiger partial charge < -0.3 is 9.47 Å². The number of hydrogen-bond donors (Lipinski definition) is 0. The lowest BCUT2D eigenvalue weighted by Gasteiger charge is -2.04. The molecule has 1 aromatic rings. The van der Waals surface area contributed by atoms with Crippen molar-refractivity contribution >= 4 is 5.97 Å². The molecule has 0 aliphatic carbocycles. The summed E-state index contributed by atoms with van der Waals surface area (Å²) in [6.07, 6.45) is 1.46. The highest BCUT2D eigenvalue weighted by Gasteiger charge is 2.08. The molecular weight excluding hydrogens is 194 g/mol. The lowest BCUT2D eigenvalue weighted by atomic mass is 10.2. The number of carbonyl (C=O) groups is 1. The average Bonchev–Trinajstić information content (AvgIpc) is 2.31. The van der Waals surface area contributed by atoms with Crippen LogP contribution in [0.4, 0.5) is 0 Å². The lowest BCUT2D eigenvalue weighted by Crippen LogP contribution is -2.03. The van der Waals surface area contributed by atoms with Gasteiger partial charge >= 0.3 is 5.97 Å². The Balaban J connectivity index is 0.000000921. The first-order chi connectivity index (χ1) is 7.19. The first-order valence-electron chi connectivity index (χ1n) is 4.78. The van der Waals surface area contributed by atoms with Crippen molar-refractivity contribution in [2.24, 2.45) is 0 Å². The maximum absolute atomic E-state index is 11.1. The zero-order valence-electron chi connectivity index (χ0n) is 9.83. The van der Waals surface area contributed by atoms with Gasteiger partial charge in [0.2, 0.25) is 0 Å². The van der Waals surface area contributed by atoms with Gasteiger partial charge in [-0.05, 0) is 13.0 Å². The van der Waals surface area contributed by atoms with Crippen molar-refractivity contribution in [3.63, 3.8) is 0 Å². The number of rotatable bonds is 2. The molecule has 0 spiro atoms. The van der Waals surface area contributed by atoms with Gasteiger partial charge in [-0.2, -0.15) is 0 Å². The molecule has 4 nitrogen and oxygen atoms in total. The number of hydrogen-bond acceptors (Lipinski definition) is 4. The number of methoxy groups -OCH3 is 2. The second-order valence-electron chi connectivity index (χ2n) is 2.50. The summed E-state index contributed by atoms with van der Waals surface area (Å²) in [5, 5.41) is 0. The molecule has 0 atom stereocenters. The van der Waals surface area contributed by atoms with E-state index in [0.717, 1.165) is 5.69 Å². The van der Waals surface area contributed by atoms with Crippen molar-refractivity contribution in [2.75, 3.05) is 14.2 Å². The van der Waals surface area contributed by atoms with Crippen LogP contribution < -0.4 is 4.74 Å². The lowest BCUT2D eigenvalue weighted by molar-refractivity contribution is 0.0600. The summed E-state index contributed by atoms with van der Waals surface area (Å²) in [6, 6.07) is 1.61. The van der Waals surface area contributed by atoms with Crippen molar-refractivity contribution in [1.29, 1.82) is 0 Å². The van der Waals surface area contributed by atoms with Crippen LogP contribution in [0.5, 0.6) is 5.75 Å². The van der Waals surface area contributed by atoms with Gasteiger partial charge in [-0.25, -0.2) is 4.79 Å². The minimum atomic E-state index is -0.411. The number of aromatic nitrogens is 1. The van der Waals surface area contributed by atoms with Gasteiger partial charge in [-0.15, -0.1) is 0 Å². The Morgan fingerprint density at radius 2 is 1.93 bits per heavy atom. The molecule has 0 aliphatic rings. The van der Waals surface area contributed by atoms with Crippen molar-refractivity contribution in [3.05, 3.63) is 23.5 Å². The van der Waals surface area contributed by atoms with Gasteiger partial charge in [-0.1, -0.05) is 13.8 Å². The molecular formula is C11H17NO3. The number of carbonyl (C=O) groups excluding carboxylic acids is 1. The maximum atomic E-state index is 11.1. The molecule has 1 rings (SSSR count). The second kappa shape index (κ2) is 6.81. The smallest absolute Gasteiger partial charge is 0.339 e. The summed E-state index contributed by atoms with van der Waals surface area (Å²) in [5.74, 6) is 0.175. The topological polar surface area (TPSA) is 48.4 Å². The number of esters is 1. The maximum Gasteiger partial charge on any atom is 0.339 e. The standard InChI is InChI=1S/C9H11NO3.C2H6/c1-6-8(12-2)4-7(5-10-6)9(11)13-3;1-2/h4-5H,1-3H3;1-2H3. The van der Waals surface area contributed by atoms with E-state index >= 15 is 0 Å². The van der Waals surface area contributed by atoms with Crippen LogP contribution in [0.1, 0.15) is 29.9 Å². The van der Waals surface area contributed by atoms with Crippen molar-refractivity contribution in [1.82, 2.24) is 4.98 Å². The Hall–Kier alpha value is -1.58. The predicted octanol–water partition coefficient (Wildman–Crippen LogP) is 2.21. The van der Waals surface area contributed by atoms with E-state index in [1.54, 1.807) is 13.0 Å². The third-order valence-corrected chi connectivity index (χ3v) is 1.68. The molecule has 0 saturated heterocycles. The van der Waals surface area contributed by atoms with Gasteiger partial charge in [0.05, 0.1) is 25.5 Å². The molecule has 1 aromatic heterocycles. The van der Waals surface area contributed by atoms with Crippen LogP contribution in [0.3, 0.4) is 0 Å². The zero-order chi connectivity index (χ0) is 11.8. The Kier molecular flexibility index (Phi) is 6.09. The molecule has 0 saturated carbocycles. The van der Waals surface area contributed by atoms with Crippen LogP contribution in [-0.4, -0.2) is 25.2 Å². The average molecular weight is 211 g/mol. The normalized spacial score (nSPS) is 8.60. The number of ether oxygens (including phenoxy) is 2. The SMILES string of the molecule is CC.COC(=O)c1cnc(C)c(OC)c1. The summed E-state index contributed by atoms with van der Waals surface area (Å²) < 4.78 is 9.55. The molecule has 15 heavy (non-hydrogen) atoms. The molecule has 0 radical (unpaired) electrons. The van der Waals surface area contributed by atoms with Crippen LogP contribution in [0, 0.1) is 6.92 Å². The molecule has 0 aliphatic heterocycles. The van der Waals surface area contributed by atoms with Gasteiger partial charge in [0.25, 0.3) is 0 Å². The van der Waals surface area contributed by atoms with E-state index in [-0.39, 0.29) is 0 Å². The summed E-state index contributed by atoms with van der Waals surface area (Å²) in [4.78, 5) is 15.1. The number of aryl methyl sites for hydroxylation is 1. The van der Waals surface area contributed by atoms with Gasteiger partial charge in [0.1, 0.15) is 5.75 Å². The van der Waals surface area contributed by atoms with E-state index < -0.39 is 5.97 Å². The van der Waals surface area contributed by atoms with Crippen LogP contribution in [0.25, 0.3) is 0 Å². The predicted molar refractivity (Wildman–Crippen MR) is 58.2 cm³/mol. The monoisotopic (exact) mass is 211 g/mol. The minimum Gasteiger partial charge on any atom is -0.495 e. The zero-order valence-corrected chi connectivity index (χ0v) is 9.83. The number of nitrogens with zero attached hydrogens (tertiary/aromatic N) is 1. The Morgan fingerprint density at radius 3 is 2.40 bits per heavy atom. The first-order valence-corrected chi connectivity index (χ1v) is 4.78. The van der Waals surface area contributed by atoms with E-state index in [4.69, 9.17) is 4.74 Å². The third-order valence-electron chi connectivity index (χ3n) is 1.68. The molecule has 1 heterocycles. The van der Waals surface area contributed by atoms with E-state index in [1.807, 2.05) is 13.8 Å². The van der Waals surface area contributed by atoms with Crippen LogP contribution in [-0.2, 0) is 4.74 Å². The van der Waals surface area contributed by atoms with Gasteiger partial charge in [0, 0.05) is 6.20 Å². The van der Waals surface area contributed by atoms with Crippen molar-refractivity contribution in [3.8, 4) is 5.75 Å². The second-order valence-corrected chi connectivity index (χ2v) is 2.50. The Labute approximate surface area is 90.2 Å². The first kappa shape index (κ1) is 13.4. The summed E-state index contributed by atoms with van der Waals surface area (Å²) in [6.45, 7) is 5.81. The third kappa shape index (κ3) is 3.58. The molecule has 0 amide bonds. The fourth-order valence-corrected chi connectivity index (χ4v) is 0.949.